The summed E-state index contributed by atoms with van der Waals surface area (Å²) in [4.78, 5) is 11.5. The van der Waals surface area contributed by atoms with E-state index >= 15 is 0 Å². The van der Waals surface area contributed by atoms with Crippen molar-refractivity contribution in [2.24, 2.45) is 0 Å². The summed E-state index contributed by atoms with van der Waals surface area (Å²) in [5, 5.41) is 15.6. The van der Waals surface area contributed by atoms with E-state index in [1.165, 1.54) is 12.8 Å². The van der Waals surface area contributed by atoms with Crippen molar-refractivity contribution in [3.63, 3.8) is 0 Å². The number of phenolic OH excluding ortho intramolecular Hbond substituents is 1. The molecule has 1 aromatic carbocycles. The van der Waals surface area contributed by atoms with Crippen LogP contribution in [-0.2, 0) is 11.3 Å². The Morgan fingerprint density at radius 1 is 1.35 bits per heavy atom. The number of para-hydroxylation sites is 1. The molecule has 1 fully saturated rings. The topological polar surface area (TPSA) is 61.4 Å². The highest BCUT2D eigenvalue weighted by Gasteiger charge is 2.19. The molecule has 0 radical (unpaired) electrons. The van der Waals surface area contributed by atoms with Crippen LogP contribution in [0.3, 0.4) is 0 Å². The molecule has 4 nitrogen and oxygen atoms in total. The van der Waals surface area contributed by atoms with Gasteiger partial charge in [-0.2, -0.15) is 0 Å². The average molecular weight is 234 g/mol. The summed E-state index contributed by atoms with van der Waals surface area (Å²) in [6.45, 7) is 1.12. The monoisotopic (exact) mass is 234 g/mol. The van der Waals surface area contributed by atoms with Crippen LogP contribution in [0.2, 0.25) is 0 Å². The normalized spacial score (nSPS) is 14.6. The third kappa shape index (κ3) is 4.07. The minimum absolute atomic E-state index is 0.0152. The first-order valence-electron chi connectivity index (χ1n) is 6.02. The summed E-state index contributed by atoms with van der Waals surface area (Å²) in [6.07, 6.45) is 2.96. The second-order valence-electron chi connectivity index (χ2n) is 4.38. The summed E-state index contributed by atoms with van der Waals surface area (Å²) in [5.74, 6) is 0.241. The number of carbonyl (C=O) groups excluding carboxylic acids is 1. The fourth-order valence-corrected chi connectivity index (χ4v) is 1.62. The standard InChI is InChI=1S/C13H18N2O2/c16-12-4-2-1-3-10(12)9-15-13(17)7-8-14-11-5-6-11/h1-4,11,14,16H,5-9H2,(H,15,17). The van der Waals surface area contributed by atoms with Gasteiger partial charge in [-0.1, -0.05) is 18.2 Å². The molecule has 0 unspecified atom stereocenters. The molecule has 0 atom stereocenters. The smallest absolute Gasteiger partial charge is 0.221 e. The summed E-state index contributed by atoms with van der Waals surface area (Å²) in [6, 6.07) is 7.67. The highest BCUT2D eigenvalue weighted by molar-refractivity contribution is 5.76. The lowest BCUT2D eigenvalue weighted by Gasteiger charge is -2.07. The van der Waals surface area contributed by atoms with Crippen LogP contribution >= 0.6 is 0 Å². The van der Waals surface area contributed by atoms with Crippen molar-refractivity contribution in [2.45, 2.75) is 31.8 Å². The number of hydrogen-bond acceptors (Lipinski definition) is 3. The number of amides is 1. The van der Waals surface area contributed by atoms with Crippen LogP contribution in [-0.4, -0.2) is 23.6 Å². The van der Waals surface area contributed by atoms with Crippen LogP contribution in [0.1, 0.15) is 24.8 Å². The molecule has 1 aliphatic carbocycles. The minimum atomic E-state index is 0.0152. The van der Waals surface area contributed by atoms with Gasteiger partial charge in [-0.25, -0.2) is 0 Å². The van der Waals surface area contributed by atoms with Crippen LogP contribution in [0.15, 0.2) is 24.3 Å². The van der Waals surface area contributed by atoms with Gasteiger partial charge in [-0.15, -0.1) is 0 Å². The van der Waals surface area contributed by atoms with Gasteiger partial charge in [0.15, 0.2) is 0 Å². The zero-order valence-corrected chi connectivity index (χ0v) is 9.78. The lowest BCUT2D eigenvalue weighted by Crippen LogP contribution is -2.28. The van der Waals surface area contributed by atoms with Gasteiger partial charge in [0.05, 0.1) is 0 Å². The third-order valence-electron chi connectivity index (χ3n) is 2.83. The van der Waals surface area contributed by atoms with E-state index in [1.807, 2.05) is 6.07 Å². The predicted octanol–water partition coefficient (Wildman–Crippen LogP) is 1.15. The highest BCUT2D eigenvalue weighted by atomic mass is 16.3. The zero-order chi connectivity index (χ0) is 12.1. The van der Waals surface area contributed by atoms with E-state index in [9.17, 15) is 9.90 Å². The number of carbonyl (C=O) groups is 1. The molecule has 0 aliphatic heterocycles. The second kappa shape index (κ2) is 5.68. The molecule has 4 heteroatoms. The second-order valence-corrected chi connectivity index (χ2v) is 4.38. The van der Waals surface area contributed by atoms with Gasteiger partial charge in [0.1, 0.15) is 5.75 Å². The summed E-state index contributed by atoms with van der Waals surface area (Å²) < 4.78 is 0. The molecule has 0 saturated heterocycles. The van der Waals surface area contributed by atoms with Crippen molar-refractivity contribution in [1.29, 1.82) is 0 Å². The molecule has 17 heavy (non-hydrogen) atoms. The SMILES string of the molecule is O=C(CCNC1CC1)NCc1ccccc1O. The number of rotatable bonds is 6. The van der Waals surface area contributed by atoms with Crippen LogP contribution in [0.4, 0.5) is 0 Å². The van der Waals surface area contributed by atoms with Crippen molar-refractivity contribution in [1.82, 2.24) is 10.6 Å². The van der Waals surface area contributed by atoms with E-state index in [0.717, 1.165) is 12.1 Å². The maximum absolute atomic E-state index is 11.5. The Morgan fingerprint density at radius 3 is 2.82 bits per heavy atom. The molecule has 0 bridgehead atoms. The van der Waals surface area contributed by atoms with Crippen LogP contribution in [0, 0.1) is 0 Å². The van der Waals surface area contributed by atoms with Gasteiger partial charge in [-0.05, 0) is 18.9 Å². The summed E-state index contributed by atoms with van der Waals surface area (Å²) in [7, 11) is 0. The average Bonchev–Trinajstić information content (AvgIpc) is 3.12. The molecule has 1 amide bonds. The largest absolute Gasteiger partial charge is 0.508 e. The minimum Gasteiger partial charge on any atom is -0.508 e. The fourth-order valence-electron chi connectivity index (χ4n) is 1.62. The summed E-state index contributed by atoms with van der Waals surface area (Å²) >= 11 is 0. The first-order valence-corrected chi connectivity index (χ1v) is 6.02. The number of nitrogens with one attached hydrogen (secondary N) is 2. The van der Waals surface area contributed by atoms with Gasteiger partial charge in [0.25, 0.3) is 0 Å². The zero-order valence-electron chi connectivity index (χ0n) is 9.78. The third-order valence-corrected chi connectivity index (χ3v) is 2.83. The molecule has 2 rings (SSSR count). The molecular formula is C13H18N2O2. The molecule has 0 heterocycles. The maximum Gasteiger partial charge on any atom is 0.221 e. The van der Waals surface area contributed by atoms with E-state index in [1.54, 1.807) is 18.2 Å². The molecule has 0 spiro atoms. The molecule has 0 aromatic heterocycles. The highest BCUT2D eigenvalue weighted by Crippen LogP contribution is 2.18. The van der Waals surface area contributed by atoms with Crippen molar-refractivity contribution >= 4 is 5.91 Å². The lowest BCUT2D eigenvalue weighted by atomic mass is 10.2. The van der Waals surface area contributed by atoms with E-state index in [4.69, 9.17) is 0 Å². The Labute approximate surface area is 101 Å². The molecule has 1 saturated carbocycles. The molecule has 92 valence electrons. The van der Waals surface area contributed by atoms with Crippen LogP contribution in [0.5, 0.6) is 5.75 Å². The predicted molar refractivity (Wildman–Crippen MR) is 65.6 cm³/mol. The molecule has 1 aliphatic rings. The molecule has 3 N–H and O–H groups in total. The Morgan fingerprint density at radius 2 is 2.12 bits per heavy atom. The first kappa shape index (κ1) is 11.9. The van der Waals surface area contributed by atoms with Gasteiger partial charge in [0, 0.05) is 31.1 Å². The fraction of sp³-hybridized carbons (Fsp3) is 0.462. The van der Waals surface area contributed by atoms with E-state index in [0.29, 0.717) is 19.0 Å². The van der Waals surface area contributed by atoms with Crippen LogP contribution < -0.4 is 10.6 Å². The Hall–Kier alpha value is -1.55. The number of hydrogen-bond donors (Lipinski definition) is 3. The van der Waals surface area contributed by atoms with Crippen molar-refractivity contribution in [2.75, 3.05) is 6.54 Å². The molecular weight excluding hydrogens is 216 g/mol. The maximum atomic E-state index is 11.5. The van der Waals surface area contributed by atoms with Crippen LogP contribution in [0.25, 0.3) is 0 Å². The number of aromatic hydroxyl groups is 1. The van der Waals surface area contributed by atoms with Gasteiger partial charge >= 0.3 is 0 Å². The quantitative estimate of drug-likeness (QED) is 0.692. The number of phenols is 1. The van der Waals surface area contributed by atoms with Crippen molar-refractivity contribution in [3.05, 3.63) is 29.8 Å². The van der Waals surface area contributed by atoms with Gasteiger partial charge < -0.3 is 15.7 Å². The van der Waals surface area contributed by atoms with E-state index in [2.05, 4.69) is 10.6 Å². The van der Waals surface area contributed by atoms with Crippen molar-refractivity contribution in [3.8, 4) is 5.75 Å². The van der Waals surface area contributed by atoms with Crippen molar-refractivity contribution < 1.29 is 9.90 Å². The first-order chi connectivity index (χ1) is 8.25. The summed E-state index contributed by atoms with van der Waals surface area (Å²) in [5.41, 5.74) is 0.746. The van der Waals surface area contributed by atoms with E-state index in [-0.39, 0.29) is 11.7 Å². The Balaban J connectivity index is 1.66. The van der Waals surface area contributed by atoms with E-state index < -0.39 is 0 Å². The number of benzene rings is 1. The molecule has 1 aromatic rings. The lowest BCUT2D eigenvalue weighted by molar-refractivity contribution is -0.121. The Bertz CT molecular complexity index is 389. The van der Waals surface area contributed by atoms with Gasteiger partial charge in [0.2, 0.25) is 5.91 Å². The Kier molecular flexibility index (Phi) is 3.98. The van der Waals surface area contributed by atoms with Gasteiger partial charge in [-0.3, -0.25) is 4.79 Å².